The van der Waals surface area contributed by atoms with Gasteiger partial charge in [-0.1, -0.05) is 59.8 Å². The number of hydrogen-bond donors (Lipinski definition) is 1. The molecule has 0 radical (unpaired) electrons. The fourth-order valence-corrected chi connectivity index (χ4v) is 3.31. The van der Waals surface area contributed by atoms with Crippen molar-refractivity contribution in [2.45, 2.75) is 30.8 Å². The molecule has 6 heteroatoms. The summed E-state index contributed by atoms with van der Waals surface area (Å²) in [5.74, 6) is 2.19. The summed E-state index contributed by atoms with van der Waals surface area (Å²) in [6.07, 6.45) is 0.842. The molecule has 0 atom stereocenters. The summed E-state index contributed by atoms with van der Waals surface area (Å²) in [7, 11) is 0. The van der Waals surface area contributed by atoms with Gasteiger partial charge in [0.05, 0.1) is 6.61 Å². The minimum Gasteiger partial charge on any atom is -0.494 e. The average molecular weight is 354 g/mol. The van der Waals surface area contributed by atoms with E-state index in [9.17, 15) is 0 Å². The van der Waals surface area contributed by atoms with E-state index in [2.05, 4.69) is 29.3 Å². The highest BCUT2D eigenvalue weighted by molar-refractivity contribution is 7.98. The van der Waals surface area contributed by atoms with Gasteiger partial charge in [0, 0.05) is 12.3 Å². The number of ether oxygens (including phenoxy) is 1. The van der Waals surface area contributed by atoms with E-state index < -0.39 is 0 Å². The van der Waals surface area contributed by atoms with Crippen molar-refractivity contribution in [2.24, 2.45) is 0 Å². The Balaban J connectivity index is 1.50. The Morgan fingerprint density at radius 3 is 2.56 bits per heavy atom. The van der Waals surface area contributed by atoms with E-state index in [0.29, 0.717) is 12.6 Å². The lowest BCUT2D eigenvalue weighted by Crippen LogP contribution is -2.08. The first-order valence-corrected chi connectivity index (χ1v) is 9.26. The first-order chi connectivity index (χ1) is 12.2. The standard InChI is InChI=1S/C19H22N4OS/c1-15-8-10-17(11-9-15)24-13-5-12-23-18(20)21-22-19(23)25-14-16-6-3-2-4-7-16/h2-4,6-11H,5,12-14H2,1H3,(H2,20,21). The molecule has 0 unspecified atom stereocenters. The number of nitrogens with zero attached hydrogens (tertiary/aromatic N) is 3. The lowest BCUT2D eigenvalue weighted by Gasteiger charge is -2.09. The van der Waals surface area contributed by atoms with Gasteiger partial charge in [0.15, 0.2) is 5.16 Å². The first-order valence-electron chi connectivity index (χ1n) is 8.27. The minimum absolute atomic E-state index is 0.450. The third-order valence-electron chi connectivity index (χ3n) is 3.77. The van der Waals surface area contributed by atoms with E-state index in [1.165, 1.54) is 11.1 Å². The van der Waals surface area contributed by atoms with Crippen LogP contribution in [-0.4, -0.2) is 21.4 Å². The molecule has 5 nitrogen and oxygen atoms in total. The van der Waals surface area contributed by atoms with Gasteiger partial charge in [0.25, 0.3) is 0 Å². The number of thioether (sulfide) groups is 1. The topological polar surface area (TPSA) is 66.0 Å². The van der Waals surface area contributed by atoms with Crippen LogP contribution in [0.3, 0.4) is 0 Å². The second kappa shape index (κ2) is 8.58. The van der Waals surface area contributed by atoms with Crippen LogP contribution in [-0.2, 0) is 12.3 Å². The number of benzene rings is 2. The van der Waals surface area contributed by atoms with Gasteiger partial charge >= 0.3 is 0 Å². The Morgan fingerprint density at radius 2 is 1.80 bits per heavy atom. The van der Waals surface area contributed by atoms with E-state index >= 15 is 0 Å². The molecule has 130 valence electrons. The zero-order chi connectivity index (χ0) is 17.5. The Kier molecular flexibility index (Phi) is 5.95. The molecule has 0 aliphatic carbocycles. The van der Waals surface area contributed by atoms with E-state index in [1.807, 2.05) is 47.0 Å². The van der Waals surface area contributed by atoms with Crippen LogP contribution in [0.25, 0.3) is 0 Å². The van der Waals surface area contributed by atoms with E-state index in [-0.39, 0.29) is 0 Å². The predicted octanol–water partition coefficient (Wildman–Crippen LogP) is 3.93. The van der Waals surface area contributed by atoms with Gasteiger partial charge in [0.1, 0.15) is 5.75 Å². The van der Waals surface area contributed by atoms with Gasteiger partial charge in [-0.3, -0.25) is 4.57 Å². The molecule has 0 aliphatic rings. The number of rotatable bonds is 8. The Bertz CT molecular complexity index is 787. The summed E-state index contributed by atoms with van der Waals surface area (Å²) in [4.78, 5) is 0. The average Bonchev–Trinajstić information content (AvgIpc) is 2.99. The molecule has 3 aromatic rings. The second-order valence-electron chi connectivity index (χ2n) is 5.78. The molecular formula is C19H22N4OS. The molecule has 25 heavy (non-hydrogen) atoms. The first kappa shape index (κ1) is 17.4. The molecule has 1 heterocycles. The zero-order valence-corrected chi connectivity index (χ0v) is 15.1. The van der Waals surface area contributed by atoms with Crippen LogP contribution in [0.2, 0.25) is 0 Å². The van der Waals surface area contributed by atoms with Crippen molar-refractivity contribution in [3.05, 3.63) is 65.7 Å². The SMILES string of the molecule is Cc1ccc(OCCCn2c(N)nnc2SCc2ccccc2)cc1. The monoisotopic (exact) mass is 354 g/mol. The van der Waals surface area contributed by atoms with Gasteiger partial charge in [-0.2, -0.15) is 0 Å². The third kappa shape index (κ3) is 5.00. The van der Waals surface area contributed by atoms with E-state index in [4.69, 9.17) is 10.5 Å². The number of hydrogen-bond acceptors (Lipinski definition) is 5. The van der Waals surface area contributed by atoms with Gasteiger partial charge < -0.3 is 10.5 Å². The number of nitrogen functional groups attached to an aromatic ring is 1. The molecule has 2 aromatic carbocycles. The maximum absolute atomic E-state index is 5.96. The van der Waals surface area contributed by atoms with Crippen molar-refractivity contribution >= 4 is 17.7 Å². The number of aromatic nitrogens is 3. The summed E-state index contributed by atoms with van der Waals surface area (Å²) in [6, 6.07) is 18.4. The minimum atomic E-state index is 0.450. The Labute approximate surface area is 152 Å². The van der Waals surface area contributed by atoms with Gasteiger partial charge in [-0.15, -0.1) is 10.2 Å². The lowest BCUT2D eigenvalue weighted by atomic mass is 10.2. The molecule has 0 fully saturated rings. The van der Waals surface area contributed by atoms with Crippen molar-refractivity contribution in [2.75, 3.05) is 12.3 Å². The Morgan fingerprint density at radius 1 is 1.04 bits per heavy atom. The van der Waals surface area contributed by atoms with Crippen molar-refractivity contribution in [1.82, 2.24) is 14.8 Å². The second-order valence-corrected chi connectivity index (χ2v) is 6.72. The molecule has 3 rings (SSSR count). The molecule has 0 amide bonds. The summed E-state index contributed by atoms with van der Waals surface area (Å²) in [6.45, 7) is 3.43. The number of nitrogens with two attached hydrogens (primary N) is 1. The largest absolute Gasteiger partial charge is 0.494 e. The molecule has 1 aromatic heterocycles. The van der Waals surface area contributed by atoms with Crippen LogP contribution < -0.4 is 10.5 Å². The van der Waals surface area contributed by atoms with Crippen LogP contribution in [0.1, 0.15) is 17.5 Å². The zero-order valence-electron chi connectivity index (χ0n) is 14.3. The molecular weight excluding hydrogens is 332 g/mol. The van der Waals surface area contributed by atoms with Crippen LogP contribution in [0.5, 0.6) is 5.75 Å². The molecule has 0 spiro atoms. The fraction of sp³-hybridized carbons (Fsp3) is 0.263. The van der Waals surface area contributed by atoms with Gasteiger partial charge in [-0.05, 0) is 31.0 Å². The quantitative estimate of drug-likeness (QED) is 0.490. The molecule has 0 saturated carbocycles. The normalized spacial score (nSPS) is 10.8. The highest BCUT2D eigenvalue weighted by Crippen LogP contribution is 2.23. The Hall–Kier alpha value is -2.47. The van der Waals surface area contributed by atoms with Gasteiger partial charge in [-0.25, -0.2) is 0 Å². The smallest absolute Gasteiger partial charge is 0.222 e. The summed E-state index contributed by atoms with van der Waals surface area (Å²) in [5.41, 5.74) is 8.44. The van der Waals surface area contributed by atoms with Crippen LogP contribution in [0.4, 0.5) is 5.95 Å². The lowest BCUT2D eigenvalue weighted by molar-refractivity contribution is 0.300. The number of anilines is 1. The summed E-state index contributed by atoms with van der Waals surface area (Å²) < 4.78 is 7.72. The molecule has 0 saturated heterocycles. The fourth-order valence-electron chi connectivity index (χ4n) is 2.39. The third-order valence-corrected chi connectivity index (χ3v) is 4.81. The highest BCUT2D eigenvalue weighted by atomic mass is 32.2. The predicted molar refractivity (Wildman–Crippen MR) is 102 cm³/mol. The van der Waals surface area contributed by atoms with Crippen molar-refractivity contribution in [1.29, 1.82) is 0 Å². The van der Waals surface area contributed by atoms with Crippen molar-refractivity contribution in [3.8, 4) is 5.75 Å². The summed E-state index contributed by atoms with van der Waals surface area (Å²) in [5, 5.41) is 9.04. The van der Waals surface area contributed by atoms with Crippen molar-refractivity contribution in [3.63, 3.8) is 0 Å². The maximum Gasteiger partial charge on any atom is 0.222 e. The van der Waals surface area contributed by atoms with Crippen LogP contribution in [0.15, 0.2) is 59.8 Å². The van der Waals surface area contributed by atoms with Crippen molar-refractivity contribution < 1.29 is 4.74 Å². The van der Waals surface area contributed by atoms with E-state index in [1.54, 1.807) is 11.8 Å². The summed E-state index contributed by atoms with van der Waals surface area (Å²) >= 11 is 1.65. The van der Waals surface area contributed by atoms with Gasteiger partial charge in [0.2, 0.25) is 5.95 Å². The van der Waals surface area contributed by atoms with Crippen LogP contribution >= 0.6 is 11.8 Å². The van der Waals surface area contributed by atoms with Crippen LogP contribution in [0, 0.1) is 6.92 Å². The molecule has 2 N–H and O–H groups in total. The molecule has 0 aliphatic heterocycles. The highest BCUT2D eigenvalue weighted by Gasteiger charge is 2.10. The molecule has 0 bridgehead atoms. The number of aryl methyl sites for hydroxylation is 1. The maximum atomic E-state index is 5.96. The van der Waals surface area contributed by atoms with E-state index in [0.717, 1.165) is 29.6 Å².